The Morgan fingerprint density at radius 2 is 1.59 bits per heavy atom. The van der Waals surface area contributed by atoms with Crippen LogP contribution in [0.4, 0.5) is 4.79 Å². The highest BCUT2D eigenvalue weighted by Crippen LogP contribution is 2.29. The smallest absolute Gasteiger partial charge is 0.320 e. The van der Waals surface area contributed by atoms with Gasteiger partial charge in [0.05, 0.1) is 0 Å². The van der Waals surface area contributed by atoms with E-state index in [2.05, 4.69) is 10.6 Å². The molecule has 3 amide bonds. The first-order chi connectivity index (χ1) is 7.84. The highest BCUT2D eigenvalue weighted by atomic mass is 16.2. The van der Waals surface area contributed by atoms with Gasteiger partial charge in [-0.3, -0.25) is 10.1 Å². The van der Waals surface area contributed by atoms with Crippen molar-refractivity contribution < 1.29 is 9.59 Å². The molecule has 0 radical (unpaired) electrons. The van der Waals surface area contributed by atoms with E-state index in [0.29, 0.717) is 0 Å². The van der Waals surface area contributed by atoms with Crippen LogP contribution in [0, 0.1) is 20.8 Å². The number of carbonyl (C=O) groups is 2. The van der Waals surface area contributed by atoms with Gasteiger partial charge in [-0.2, -0.15) is 0 Å². The quantitative estimate of drug-likeness (QED) is 0.723. The first-order valence-electron chi connectivity index (χ1n) is 5.56. The summed E-state index contributed by atoms with van der Waals surface area (Å²) in [4.78, 5) is 23.1. The first kappa shape index (κ1) is 11.6. The van der Waals surface area contributed by atoms with Gasteiger partial charge in [0.15, 0.2) is 0 Å². The lowest BCUT2D eigenvalue weighted by Gasteiger charge is -2.24. The van der Waals surface area contributed by atoms with E-state index in [1.165, 1.54) is 5.56 Å². The van der Waals surface area contributed by atoms with Crippen LogP contribution in [-0.4, -0.2) is 11.9 Å². The van der Waals surface area contributed by atoms with Gasteiger partial charge in [0.1, 0.15) is 5.54 Å². The van der Waals surface area contributed by atoms with Crippen LogP contribution in [0.1, 0.15) is 29.2 Å². The van der Waals surface area contributed by atoms with Crippen molar-refractivity contribution in [2.24, 2.45) is 0 Å². The maximum absolute atomic E-state index is 11.9. The monoisotopic (exact) mass is 232 g/mol. The second kappa shape index (κ2) is 3.58. The van der Waals surface area contributed by atoms with Crippen molar-refractivity contribution in [2.75, 3.05) is 0 Å². The van der Waals surface area contributed by atoms with Crippen molar-refractivity contribution in [3.05, 3.63) is 34.4 Å². The maximum atomic E-state index is 11.9. The van der Waals surface area contributed by atoms with Crippen LogP contribution in [0.15, 0.2) is 12.1 Å². The molecule has 1 aromatic carbocycles. The van der Waals surface area contributed by atoms with Crippen molar-refractivity contribution in [1.29, 1.82) is 0 Å². The van der Waals surface area contributed by atoms with Crippen LogP contribution in [0.3, 0.4) is 0 Å². The Morgan fingerprint density at radius 1 is 1.00 bits per heavy atom. The van der Waals surface area contributed by atoms with E-state index < -0.39 is 11.6 Å². The fourth-order valence-electron chi connectivity index (χ4n) is 2.23. The zero-order chi connectivity index (χ0) is 12.8. The van der Waals surface area contributed by atoms with Gasteiger partial charge in [-0.15, -0.1) is 0 Å². The number of urea groups is 1. The topological polar surface area (TPSA) is 58.2 Å². The van der Waals surface area contributed by atoms with Crippen LogP contribution in [0.25, 0.3) is 0 Å². The summed E-state index contributed by atoms with van der Waals surface area (Å²) in [7, 11) is 0. The second-order valence-corrected chi connectivity index (χ2v) is 4.78. The standard InChI is InChI=1S/C13H16N2O2/c1-7-5-9(3)10(6-8(7)2)13(4)11(16)14-12(17)15-13/h5-6H,1-4H3,(H2,14,15,16,17). The summed E-state index contributed by atoms with van der Waals surface area (Å²) < 4.78 is 0. The molecule has 1 aliphatic rings. The van der Waals surface area contributed by atoms with E-state index in [0.717, 1.165) is 16.7 Å². The minimum Gasteiger partial charge on any atom is -0.320 e. The molecule has 2 rings (SSSR count). The van der Waals surface area contributed by atoms with E-state index in [1.54, 1.807) is 6.92 Å². The summed E-state index contributed by atoms with van der Waals surface area (Å²) in [5, 5.41) is 4.96. The van der Waals surface area contributed by atoms with E-state index in [1.807, 2.05) is 32.9 Å². The Labute approximate surface area is 100 Å². The number of rotatable bonds is 1. The van der Waals surface area contributed by atoms with E-state index >= 15 is 0 Å². The summed E-state index contributed by atoms with van der Waals surface area (Å²) >= 11 is 0. The molecule has 1 aliphatic heterocycles. The molecule has 90 valence electrons. The van der Waals surface area contributed by atoms with Gasteiger partial charge >= 0.3 is 6.03 Å². The number of imide groups is 1. The molecule has 0 saturated carbocycles. The van der Waals surface area contributed by atoms with E-state index in [4.69, 9.17) is 0 Å². The molecule has 17 heavy (non-hydrogen) atoms. The van der Waals surface area contributed by atoms with Crippen LogP contribution in [0.2, 0.25) is 0 Å². The van der Waals surface area contributed by atoms with Crippen molar-refractivity contribution in [2.45, 2.75) is 33.2 Å². The Balaban J connectivity index is 2.58. The average molecular weight is 232 g/mol. The molecule has 1 saturated heterocycles. The predicted molar refractivity (Wildman–Crippen MR) is 64.7 cm³/mol. The van der Waals surface area contributed by atoms with Gasteiger partial charge in [-0.05, 0) is 49.9 Å². The molecule has 0 spiro atoms. The Bertz CT molecular complexity index is 522. The Kier molecular flexibility index (Phi) is 2.45. The summed E-state index contributed by atoms with van der Waals surface area (Å²) in [6.45, 7) is 7.70. The number of carbonyl (C=O) groups excluding carboxylic acids is 2. The minimum atomic E-state index is -0.959. The van der Waals surface area contributed by atoms with Crippen molar-refractivity contribution in [1.82, 2.24) is 10.6 Å². The molecule has 4 heteroatoms. The number of nitrogens with one attached hydrogen (secondary N) is 2. The predicted octanol–water partition coefficient (Wildman–Crippen LogP) is 1.67. The molecular formula is C13H16N2O2. The highest BCUT2D eigenvalue weighted by molar-refractivity contribution is 6.07. The molecule has 0 aromatic heterocycles. The molecule has 1 heterocycles. The van der Waals surface area contributed by atoms with Gasteiger partial charge in [0.2, 0.25) is 0 Å². The molecule has 0 aliphatic carbocycles. The van der Waals surface area contributed by atoms with Gasteiger partial charge in [-0.1, -0.05) is 12.1 Å². The number of hydrogen-bond donors (Lipinski definition) is 2. The van der Waals surface area contributed by atoms with Crippen LogP contribution in [0.5, 0.6) is 0 Å². The second-order valence-electron chi connectivity index (χ2n) is 4.78. The lowest BCUT2D eigenvalue weighted by Crippen LogP contribution is -2.41. The summed E-state index contributed by atoms with van der Waals surface area (Å²) in [5.74, 6) is -0.297. The molecule has 1 aromatic rings. The van der Waals surface area contributed by atoms with Crippen LogP contribution in [-0.2, 0) is 10.3 Å². The molecule has 1 unspecified atom stereocenters. The third kappa shape index (κ3) is 1.69. The lowest BCUT2D eigenvalue weighted by atomic mass is 9.86. The van der Waals surface area contributed by atoms with Gasteiger partial charge in [0, 0.05) is 0 Å². The zero-order valence-corrected chi connectivity index (χ0v) is 10.5. The van der Waals surface area contributed by atoms with Crippen molar-refractivity contribution >= 4 is 11.9 Å². The molecular weight excluding hydrogens is 216 g/mol. The summed E-state index contributed by atoms with van der Waals surface area (Å²) in [6, 6.07) is 3.57. The molecule has 1 fully saturated rings. The number of aryl methyl sites for hydroxylation is 3. The normalized spacial score (nSPS) is 23.5. The highest BCUT2D eigenvalue weighted by Gasteiger charge is 2.44. The zero-order valence-electron chi connectivity index (χ0n) is 10.5. The van der Waals surface area contributed by atoms with Gasteiger partial charge < -0.3 is 5.32 Å². The van der Waals surface area contributed by atoms with E-state index in [9.17, 15) is 9.59 Å². The largest absolute Gasteiger partial charge is 0.322 e. The van der Waals surface area contributed by atoms with E-state index in [-0.39, 0.29) is 5.91 Å². The van der Waals surface area contributed by atoms with Crippen LogP contribution >= 0.6 is 0 Å². The summed E-state index contributed by atoms with van der Waals surface area (Å²) in [5.41, 5.74) is 3.19. The minimum absolute atomic E-state index is 0.297. The number of benzene rings is 1. The SMILES string of the molecule is Cc1cc(C)c(C2(C)NC(=O)NC2=O)cc1C. The van der Waals surface area contributed by atoms with Crippen molar-refractivity contribution in [3.8, 4) is 0 Å². The molecule has 4 nitrogen and oxygen atoms in total. The molecule has 0 bridgehead atoms. The number of hydrogen-bond acceptors (Lipinski definition) is 2. The molecule has 1 atom stereocenters. The van der Waals surface area contributed by atoms with Crippen LogP contribution < -0.4 is 10.6 Å². The first-order valence-corrected chi connectivity index (χ1v) is 5.56. The average Bonchev–Trinajstić information content (AvgIpc) is 2.47. The van der Waals surface area contributed by atoms with Gasteiger partial charge in [-0.25, -0.2) is 4.79 Å². The fourth-order valence-corrected chi connectivity index (χ4v) is 2.23. The Hall–Kier alpha value is -1.84. The van der Waals surface area contributed by atoms with Gasteiger partial charge in [0.25, 0.3) is 5.91 Å². The third-order valence-corrected chi connectivity index (χ3v) is 3.42. The third-order valence-electron chi connectivity index (χ3n) is 3.42. The molecule has 2 N–H and O–H groups in total. The lowest BCUT2D eigenvalue weighted by molar-refractivity contribution is -0.123. The fraction of sp³-hybridized carbons (Fsp3) is 0.385. The summed E-state index contributed by atoms with van der Waals surface area (Å²) in [6.07, 6.45) is 0. The Morgan fingerprint density at radius 3 is 2.12 bits per heavy atom. The van der Waals surface area contributed by atoms with Crippen molar-refractivity contribution in [3.63, 3.8) is 0 Å². The number of amides is 3. The maximum Gasteiger partial charge on any atom is 0.322 e.